The fourth-order valence-corrected chi connectivity index (χ4v) is 4.26. The Balaban J connectivity index is 1.82. The number of halogens is 2. The lowest BCUT2D eigenvalue weighted by atomic mass is 9.91. The molecule has 1 saturated carbocycles. The van der Waals surface area contributed by atoms with Crippen molar-refractivity contribution in [2.75, 3.05) is 0 Å². The summed E-state index contributed by atoms with van der Waals surface area (Å²) in [7, 11) is 0. The lowest BCUT2D eigenvalue weighted by Gasteiger charge is -2.24. The summed E-state index contributed by atoms with van der Waals surface area (Å²) in [5.41, 5.74) is 1.48. The molecule has 32 heavy (non-hydrogen) atoms. The molecule has 0 saturated heterocycles. The van der Waals surface area contributed by atoms with Crippen LogP contribution in [0.2, 0.25) is 0 Å². The average Bonchev–Trinajstić information content (AvgIpc) is 2.79. The molecule has 3 aromatic carbocycles. The zero-order valence-electron chi connectivity index (χ0n) is 17.4. The summed E-state index contributed by atoms with van der Waals surface area (Å²) in [6, 6.07) is 14.3. The second kappa shape index (κ2) is 9.30. The molecular formula is C26H22F2NO3-. The van der Waals surface area contributed by atoms with Crippen LogP contribution in [0.25, 0.3) is 22.3 Å². The van der Waals surface area contributed by atoms with Gasteiger partial charge in [-0.1, -0.05) is 55.7 Å². The van der Waals surface area contributed by atoms with Crippen molar-refractivity contribution in [3.63, 3.8) is 0 Å². The standard InChI is InChI=1S/C26H23F2NO3/c27-17-11-13-19(24(28)15-17)16-10-12-21(20-8-4-5-9-22(20)26(31)32)23(14-16)25(30)29-18-6-2-1-3-7-18/h4-5,8-15,18H,1-3,6-7H2,(H,29,30)(H,31,32)/p-1. The van der Waals surface area contributed by atoms with Crippen LogP contribution in [-0.4, -0.2) is 17.9 Å². The third-order valence-corrected chi connectivity index (χ3v) is 5.88. The topological polar surface area (TPSA) is 69.2 Å². The van der Waals surface area contributed by atoms with E-state index in [2.05, 4.69) is 5.32 Å². The van der Waals surface area contributed by atoms with Gasteiger partial charge >= 0.3 is 0 Å². The highest BCUT2D eigenvalue weighted by Gasteiger charge is 2.21. The summed E-state index contributed by atoms with van der Waals surface area (Å²) < 4.78 is 27.8. The zero-order chi connectivity index (χ0) is 22.7. The van der Waals surface area contributed by atoms with Gasteiger partial charge in [-0.2, -0.15) is 0 Å². The Morgan fingerprint density at radius 2 is 1.50 bits per heavy atom. The van der Waals surface area contributed by atoms with Crippen molar-refractivity contribution in [3.8, 4) is 22.3 Å². The van der Waals surface area contributed by atoms with E-state index < -0.39 is 17.6 Å². The Labute approximate surface area is 184 Å². The van der Waals surface area contributed by atoms with Crippen molar-refractivity contribution in [2.24, 2.45) is 0 Å². The third kappa shape index (κ3) is 4.54. The second-order valence-electron chi connectivity index (χ2n) is 8.03. The van der Waals surface area contributed by atoms with Crippen molar-refractivity contribution < 1.29 is 23.5 Å². The molecule has 0 unspecified atom stereocenters. The molecule has 0 aromatic heterocycles. The second-order valence-corrected chi connectivity index (χ2v) is 8.03. The highest BCUT2D eigenvalue weighted by atomic mass is 19.1. The van der Waals surface area contributed by atoms with E-state index in [0.29, 0.717) is 16.7 Å². The molecular weight excluding hydrogens is 412 g/mol. The van der Waals surface area contributed by atoms with E-state index in [0.717, 1.165) is 44.2 Å². The highest BCUT2D eigenvalue weighted by Crippen LogP contribution is 2.32. The molecule has 0 aliphatic heterocycles. The number of carbonyl (C=O) groups is 2. The smallest absolute Gasteiger partial charge is 0.252 e. The molecule has 1 aliphatic carbocycles. The fourth-order valence-electron chi connectivity index (χ4n) is 4.26. The summed E-state index contributed by atoms with van der Waals surface area (Å²) in [6.45, 7) is 0. The first-order valence-corrected chi connectivity index (χ1v) is 10.6. The molecule has 4 rings (SSSR count). The number of hydrogen-bond acceptors (Lipinski definition) is 3. The zero-order valence-corrected chi connectivity index (χ0v) is 17.4. The summed E-state index contributed by atoms with van der Waals surface area (Å²) >= 11 is 0. The molecule has 6 heteroatoms. The van der Waals surface area contributed by atoms with Gasteiger partial charge in [0.05, 0.1) is 5.97 Å². The number of amides is 1. The van der Waals surface area contributed by atoms with Crippen LogP contribution in [0.5, 0.6) is 0 Å². The number of carboxylic acids is 1. The normalized spacial score (nSPS) is 14.2. The predicted octanol–water partition coefficient (Wildman–Crippen LogP) is 4.72. The van der Waals surface area contributed by atoms with Crippen LogP contribution in [0, 0.1) is 11.6 Å². The van der Waals surface area contributed by atoms with E-state index in [4.69, 9.17) is 0 Å². The molecule has 0 heterocycles. The first-order chi connectivity index (χ1) is 15.4. The maximum Gasteiger partial charge on any atom is 0.252 e. The molecule has 1 N–H and O–H groups in total. The average molecular weight is 434 g/mol. The van der Waals surface area contributed by atoms with Crippen LogP contribution in [0.15, 0.2) is 60.7 Å². The Hall–Kier alpha value is -3.54. The van der Waals surface area contributed by atoms with E-state index in [1.807, 2.05) is 0 Å². The maximum atomic E-state index is 14.4. The van der Waals surface area contributed by atoms with Gasteiger partial charge in [-0.3, -0.25) is 4.79 Å². The number of aromatic carboxylic acids is 1. The van der Waals surface area contributed by atoms with Gasteiger partial charge in [-0.25, -0.2) is 8.78 Å². The lowest BCUT2D eigenvalue weighted by Crippen LogP contribution is -2.36. The molecule has 1 amide bonds. The number of hydrogen-bond donors (Lipinski definition) is 1. The van der Waals surface area contributed by atoms with Crippen LogP contribution < -0.4 is 10.4 Å². The minimum Gasteiger partial charge on any atom is -0.545 e. The molecule has 0 bridgehead atoms. The molecule has 4 nitrogen and oxygen atoms in total. The monoisotopic (exact) mass is 434 g/mol. The molecule has 0 spiro atoms. The van der Waals surface area contributed by atoms with Crippen molar-refractivity contribution in [1.29, 1.82) is 0 Å². The van der Waals surface area contributed by atoms with Gasteiger partial charge in [0, 0.05) is 28.8 Å². The quantitative estimate of drug-likeness (QED) is 0.632. The van der Waals surface area contributed by atoms with Crippen LogP contribution in [0.3, 0.4) is 0 Å². The summed E-state index contributed by atoms with van der Waals surface area (Å²) in [5.74, 6) is -3.15. The van der Waals surface area contributed by atoms with E-state index in [9.17, 15) is 23.5 Å². The number of benzene rings is 3. The Morgan fingerprint density at radius 3 is 2.22 bits per heavy atom. The Morgan fingerprint density at radius 1 is 0.812 bits per heavy atom. The van der Waals surface area contributed by atoms with Crippen molar-refractivity contribution in [1.82, 2.24) is 5.32 Å². The van der Waals surface area contributed by atoms with Crippen LogP contribution in [0.4, 0.5) is 8.78 Å². The molecule has 3 aromatic rings. The SMILES string of the molecule is O=C([O-])c1ccccc1-c1ccc(-c2ccc(F)cc2F)cc1C(=O)NC1CCCCC1. The molecule has 0 atom stereocenters. The first kappa shape index (κ1) is 21.7. The van der Waals surface area contributed by atoms with Gasteiger partial charge in [0.25, 0.3) is 5.91 Å². The van der Waals surface area contributed by atoms with E-state index >= 15 is 0 Å². The number of nitrogens with one attached hydrogen (secondary N) is 1. The minimum absolute atomic E-state index is 0.0340. The van der Waals surface area contributed by atoms with Gasteiger partial charge in [0.1, 0.15) is 11.6 Å². The Kier molecular flexibility index (Phi) is 6.30. The van der Waals surface area contributed by atoms with E-state index in [-0.39, 0.29) is 28.6 Å². The van der Waals surface area contributed by atoms with Crippen molar-refractivity contribution in [2.45, 2.75) is 38.1 Å². The summed E-state index contributed by atoms with van der Waals surface area (Å²) in [4.78, 5) is 24.9. The largest absolute Gasteiger partial charge is 0.545 e. The number of rotatable bonds is 5. The van der Waals surface area contributed by atoms with Crippen molar-refractivity contribution in [3.05, 3.63) is 83.4 Å². The molecule has 1 aliphatic rings. The lowest BCUT2D eigenvalue weighted by molar-refractivity contribution is -0.254. The predicted molar refractivity (Wildman–Crippen MR) is 116 cm³/mol. The Bertz CT molecular complexity index is 1170. The van der Waals surface area contributed by atoms with Gasteiger partial charge in [0.2, 0.25) is 0 Å². The number of carbonyl (C=O) groups excluding carboxylic acids is 2. The van der Waals surface area contributed by atoms with Crippen LogP contribution in [0.1, 0.15) is 52.8 Å². The molecule has 1 fully saturated rings. The van der Waals surface area contributed by atoms with Crippen LogP contribution in [-0.2, 0) is 0 Å². The molecule has 164 valence electrons. The first-order valence-electron chi connectivity index (χ1n) is 10.6. The minimum atomic E-state index is -1.35. The maximum absolute atomic E-state index is 14.4. The molecule has 0 radical (unpaired) electrons. The fraction of sp³-hybridized carbons (Fsp3) is 0.231. The summed E-state index contributed by atoms with van der Waals surface area (Å²) in [6.07, 6.45) is 4.96. The van der Waals surface area contributed by atoms with Gasteiger partial charge in [0.15, 0.2) is 0 Å². The van der Waals surface area contributed by atoms with Gasteiger partial charge < -0.3 is 15.2 Å². The van der Waals surface area contributed by atoms with E-state index in [1.54, 1.807) is 30.3 Å². The van der Waals surface area contributed by atoms with Gasteiger partial charge in [-0.05, 0) is 47.7 Å². The van der Waals surface area contributed by atoms with Gasteiger partial charge in [-0.15, -0.1) is 0 Å². The summed E-state index contributed by atoms with van der Waals surface area (Å²) in [5, 5.41) is 14.7. The third-order valence-electron chi connectivity index (χ3n) is 5.88. The van der Waals surface area contributed by atoms with Crippen LogP contribution >= 0.6 is 0 Å². The highest BCUT2D eigenvalue weighted by molar-refractivity contribution is 6.05. The van der Waals surface area contributed by atoms with E-state index in [1.165, 1.54) is 18.2 Å². The number of carboxylic acid groups (broad SMARTS) is 1. The van der Waals surface area contributed by atoms with Crippen molar-refractivity contribution >= 4 is 11.9 Å².